The van der Waals surface area contributed by atoms with Crippen LogP contribution in [-0.4, -0.2) is 215 Å². The van der Waals surface area contributed by atoms with Gasteiger partial charge in [-0.2, -0.15) is 35.7 Å². The number of aromatic nitrogens is 20. The molecule has 0 spiro atoms. The number of nitrogens with one attached hydrogen (secondary N) is 10. The van der Waals surface area contributed by atoms with Gasteiger partial charge in [-0.25, -0.2) is 0 Å². The zero-order chi connectivity index (χ0) is 95.4. The molecule has 137 heavy (non-hydrogen) atoms. The smallest absolute Gasteiger partial charge is 0.233 e. The molecule has 0 radical (unpaired) electrons. The van der Waals surface area contributed by atoms with E-state index < -0.39 is 0 Å². The molecule has 6 fully saturated rings. The standard InChI is InChI=1S/C24H32N6O.C22H27N5O.C20H23N5O2.C20H21N5O.C18H19N5O2/c1-23(2)12-18(13-24(3,4)29-23)30(5)22-10-9-20(27-28-22)19-8-7-16(11-21(19)31-6)17-14-25-26-15-17;1-21(2)11-18(12-22(3,4)27-21)28-20-10-9-19(25-26-20)16-7-5-15(6-8-16)17-13-23-24-14-17;1-12-7-16(8-13(2)23-12)27-20-6-5-18(24-25-20)17-4-3-14(9-19(17)26)15-10-21-22-11-15;26-20-9-12(14-10-21-22-11-14)1-4-17(20)19-6-5-18(24-25-19)13-7-15-2-3-16(8-13)23-15;24-17-9-12(13-10-20-21-11-13)1-2-15(17)16-3-4-18(23-22-16)25-14-5-7-19-8-6-14/h7-11,14-15,18,29H,12-13H2,1-6H3,(H,25,26);5-10,13-14,18,27H,11-12H2,1-4H3,(H,23,24);3-6,9-13,16,23,26H,7-8H2,1-2H3,(H,21,22);1,4-6,9-11,13,15-16,23,26H,2-3,7-8H2,(H,21,22);1-4,9-11,14,19,24H,5-8H2,(H,20,21)/t;;;13?,15-,16+;. The molecule has 5 aromatic carbocycles. The lowest BCUT2D eigenvalue weighted by Crippen LogP contribution is -2.62. The fourth-order valence-corrected chi connectivity index (χ4v) is 20.1. The number of ether oxygens (including phenoxy) is 4. The van der Waals surface area contributed by atoms with Crippen molar-refractivity contribution in [3.8, 4) is 153 Å². The Balaban J connectivity index is 0.000000119. The molecular weight excluding hydrogens is 1730 g/mol. The first-order valence-electron chi connectivity index (χ1n) is 47.1. The van der Waals surface area contributed by atoms with E-state index in [-0.39, 0.29) is 57.7 Å². The van der Waals surface area contributed by atoms with Crippen molar-refractivity contribution in [2.75, 3.05) is 32.1 Å². The summed E-state index contributed by atoms with van der Waals surface area (Å²) in [4.78, 5) is 2.26. The second-order valence-electron chi connectivity index (χ2n) is 39.2. The van der Waals surface area contributed by atoms with Crippen molar-refractivity contribution in [2.24, 2.45) is 0 Å². The third kappa shape index (κ3) is 24.4. The fraction of sp³-hybridized carbons (Fsp3) is 0.375. The summed E-state index contributed by atoms with van der Waals surface area (Å²) >= 11 is 0. The first kappa shape index (κ1) is 94.5. The van der Waals surface area contributed by atoms with Crippen molar-refractivity contribution in [2.45, 2.75) is 223 Å². The van der Waals surface area contributed by atoms with Crippen molar-refractivity contribution in [1.82, 2.24) is 129 Å². The number of fused-ring (bicyclic) bond motifs is 2. The molecule has 0 saturated carbocycles. The zero-order valence-corrected chi connectivity index (χ0v) is 79.5. The maximum Gasteiger partial charge on any atom is 0.233 e. The number of phenolic OH excluding ortho intramolecular Hbond substituents is 3. The van der Waals surface area contributed by atoms with Crippen LogP contribution in [0.15, 0.2) is 220 Å². The van der Waals surface area contributed by atoms with Gasteiger partial charge in [-0.15, -0.1) is 40.8 Å². The monoisotopic (exact) mass is 1850 g/mol. The Hall–Kier alpha value is -14.3. The van der Waals surface area contributed by atoms with Gasteiger partial charge >= 0.3 is 0 Å². The van der Waals surface area contributed by atoms with E-state index in [1.807, 2.05) is 134 Å². The van der Waals surface area contributed by atoms with Gasteiger partial charge in [-0.3, -0.25) is 25.5 Å². The molecule has 2 bridgehead atoms. The lowest BCUT2D eigenvalue weighted by atomic mass is 9.79. The number of H-pyrrole nitrogens is 5. The van der Waals surface area contributed by atoms with Crippen LogP contribution in [0.5, 0.6) is 40.6 Å². The van der Waals surface area contributed by atoms with Crippen LogP contribution in [0, 0.1) is 0 Å². The van der Waals surface area contributed by atoms with Crippen LogP contribution in [0.1, 0.15) is 158 Å². The van der Waals surface area contributed by atoms with Crippen LogP contribution in [0.3, 0.4) is 0 Å². The van der Waals surface area contributed by atoms with Gasteiger partial charge in [0, 0.05) is 183 Å². The number of benzene rings is 5. The average Bonchev–Trinajstić information content (AvgIpc) is 1.52. The predicted octanol–water partition coefficient (Wildman–Crippen LogP) is 17.3. The minimum atomic E-state index is 0.0382. The quantitative estimate of drug-likeness (QED) is 0.0337. The molecule has 710 valence electrons. The Morgan fingerprint density at radius 3 is 1.12 bits per heavy atom. The van der Waals surface area contributed by atoms with Crippen LogP contribution in [-0.2, 0) is 0 Å². The molecule has 21 rings (SSSR count). The first-order valence-corrected chi connectivity index (χ1v) is 47.1. The minimum Gasteiger partial charge on any atom is -0.507 e. The number of aromatic amines is 5. The SMILES string of the molecule is CC1(C)CC(Oc2ccc(-c3ccc(-c4cn[nH]c4)cc3)nn2)CC(C)(C)N1.CC1CC(Oc2ccc(-c3ccc(-c4cn[nH]c4)cc3O)nn2)CC(C)N1.COc1cc(-c2cn[nH]c2)ccc1-c1ccc(N(C)C2CC(C)(C)NC(C)(C)C2)nn1.Oc1cc(-c2cn[nH]c2)ccc1-c1ccc(C2C[C@H]3CC[C@@H](C2)N3)nn1.Oc1cc(-c2cn[nH]c2)ccc1-c1ccc(OC2CCNCC2)nn1. The molecule has 0 aliphatic carbocycles. The summed E-state index contributed by atoms with van der Waals surface area (Å²) < 4.78 is 23.7. The summed E-state index contributed by atoms with van der Waals surface area (Å²) in [5, 5.41) is 126. The molecule has 33 nitrogen and oxygen atoms in total. The molecule has 6 aliphatic rings. The Kier molecular flexibility index (Phi) is 28.9. The van der Waals surface area contributed by atoms with Gasteiger partial charge in [-0.05, 0) is 265 Å². The lowest BCUT2D eigenvalue weighted by Gasteiger charge is -2.49. The first-order chi connectivity index (χ1) is 66.1. The third-order valence-electron chi connectivity index (χ3n) is 26.0. The zero-order valence-electron chi connectivity index (χ0n) is 79.5. The molecule has 6 saturated heterocycles. The molecule has 5 atom stereocenters. The number of hydrogen-bond acceptors (Lipinski definition) is 28. The van der Waals surface area contributed by atoms with Crippen molar-refractivity contribution < 1.29 is 34.3 Å². The summed E-state index contributed by atoms with van der Waals surface area (Å²) in [5.41, 5.74) is 18.4. The molecule has 16 heterocycles. The summed E-state index contributed by atoms with van der Waals surface area (Å²) in [6.07, 6.45) is 31.0. The van der Waals surface area contributed by atoms with E-state index in [4.69, 9.17) is 18.9 Å². The van der Waals surface area contributed by atoms with Gasteiger partial charge in [0.2, 0.25) is 17.6 Å². The molecule has 6 aliphatic heterocycles. The normalized spacial score (nSPS) is 19.8. The van der Waals surface area contributed by atoms with Crippen molar-refractivity contribution in [3.63, 3.8) is 0 Å². The molecule has 13 N–H and O–H groups in total. The second kappa shape index (κ2) is 41.9. The number of rotatable bonds is 20. The Labute approximate surface area is 797 Å². The van der Waals surface area contributed by atoms with E-state index >= 15 is 0 Å². The molecule has 15 aromatic rings. The van der Waals surface area contributed by atoms with E-state index in [2.05, 4.69) is 228 Å². The Morgan fingerprint density at radius 2 is 0.715 bits per heavy atom. The van der Waals surface area contributed by atoms with E-state index in [1.54, 1.807) is 74.8 Å². The van der Waals surface area contributed by atoms with Gasteiger partial charge in [0.15, 0.2) is 5.82 Å². The Morgan fingerprint density at radius 1 is 0.343 bits per heavy atom. The van der Waals surface area contributed by atoms with Gasteiger partial charge in [0.25, 0.3) is 0 Å². The maximum absolute atomic E-state index is 10.4. The Bertz CT molecular complexity index is 6310. The number of phenols is 3. The topological polar surface area (TPSA) is 433 Å². The highest BCUT2D eigenvalue weighted by Crippen LogP contribution is 2.42. The number of methoxy groups -OCH3 is 1. The number of piperidine rings is 5. The maximum atomic E-state index is 10.4. The van der Waals surface area contributed by atoms with Crippen LogP contribution >= 0.6 is 0 Å². The van der Waals surface area contributed by atoms with Gasteiger partial charge in [0.05, 0.1) is 72.3 Å². The number of nitrogens with zero attached hydrogens (tertiary/aromatic N) is 16. The summed E-state index contributed by atoms with van der Waals surface area (Å²) in [6.45, 7) is 24.2. The van der Waals surface area contributed by atoms with Crippen LogP contribution in [0.25, 0.3) is 112 Å². The minimum absolute atomic E-state index is 0.0382. The third-order valence-corrected chi connectivity index (χ3v) is 26.0. The second-order valence-corrected chi connectivity index (χ2v) is 39.2. The van der Waals surface area contributed by atoms with Crippen molar-refractivity contribution in [1.29, 1.82) is 0 Å². The summed E-state index contributed by atoms with van der Waals surface area (Å²) in [5.74, 6) is 4.25. The summed E-state index contributed by atoms with van der Waals surface area (Å²) in [7, 11) is 3.79. The van der Waals surface area contributed by atoms with Crippen LogP contribution in [0.2, 0.25) is 0 Å². The van der Waals surface area contributed by atoms with E-state index in [0.29, 0.717) is 87.5 Å². The average molecular weight is 1850 g/mol. The van der Waals surface area contributed by atoms with Crippen LogP contribution < -0.4 is 50.4 Å². The highest BCUT2D eigenvalue weighted by molar-refractivity contribution is 5.78. The lowest BCUT2D eigenvalue weighted by molar-refractivity contribution is 0.0524. The van der Waals surface area contributed by atoms with Gasteiger partial charge < -0.3 is 65.8 Å². The van der Waals surface area contributed by atoms with E-state index in [1.165, 1.54) is 12.8 Å². The molecule has 3 unspecified atom stereocenters. The van der Waals surface area contributed by atoms with Crippen LogP contribution in [0.4, 0.5) is 5.82 Å². The highest BCUT2D eigenvalue weighted by Gasteiger charge is 2.42. The van der Waals surface area contributed by atoms with Gasteiger partial charge in [-0.1, -0.05) is 48.5 Å². The number of anilines is 1. The molecule has 33 heteroatoms. The molecular formula is C104H122N26O7. The fourth-order valence-electron chi connectivity index (χ4n) is 20.1. The predicted molar refractivity (Wildman–Crippen MR) is 529 cm³/mol. The van der Waals surface area contributed by atoms with E-state index in [9.17, 15) is 15.3 Å². The van der Waals surface area contributed by atoms with Crippen molar-refractivity contribution >= 4 is 5.82 Å². The molecule has 10 aromatic heterocycles. The summed E-state index contributed by atoms with van der Waals surface area (Å²) in [6, 6.07) is 52.5. The number of aromatic hydroxyl groups is 3. The largest absolute Gasteiger partial charge is 0.507 e. The number of hydrogen-bond donors (Lipinski definition) is 13. The van der Waals surface area contributed by atoms with Crippen molar-refractivity contribution in [3.05, 3.63) is 225 Å². The van der Waals surface area contributed by atoms with E-state index in [0.717, 1.165) is 173 Å². The molecule has 0 amide bonds. The highest BCUT2D eigenvalue weighted by atomic mass is 16.5. The van der Waals surface area contributed by atoms with Gasteiger partial charge in [0.1, 0.15) is 41.3 Å².